The molecule has 0 N–H and O–H groups in total. The van der Waals surface area contributed by atoms with Gasteiger partial charge in [-0.05, 0) is 12.8 Å². The number of hydrogen-bond acceptors (Lipinski definition) is 4. The lowest BCUT2D eigenvalue weighted by Crippen LogP contribution is -2.05. The highest BCUT2D eigenvalue weighted by molar-refractivity contribution is 8.13. The van der Waals surface area contributed by atoms with Crippen molar-refractivity contribution in [2.45, 2.75) is 44.3 Å². The van der Waals surface area contributed by atoms with E-state index < -0.39 is 9.05 Å². The number of imidazole rings is 2. The first-order chi connectivity index (χ1) is 9.50. The number of nitrogens with zero attached hydrogens (tertiary/aromatic N) is 4. The summed E-state index contributed by atoms with van der Waals surface area (Å²) >= 11 is 0. The number of hydrogen-bond donors (Lipinski definition) is 0. The summed E-state index contributed by atoms with van der Waals surface area (Å²) in [4.78, 5) is 8.09. The predicted octanol–water partition coefficient (Wildman–Crippen LogP) is 2.05. The second-order valence-corrected chi connectivity index (χ2v) is 7.04. The summed E-state index contributed by atoms with van der Waals surface area (Å²) in [5.74, 6) is 0.761. The maximum atomic E-state index is 11.3. The van der Waals surface area contributed by atoms with E-state index in [1.807, 2.05) is 22.3 Å². The van der Waals surface area contributed by atoms with Gasteiger partial charge in [0.05, 0.1) is 6.33 Å². The molecule has 0 unspecified atom stereocenters. The van der Waals surface area contributed by atoms with Crippen LogP contribution in [-0.4, -0.2) is 27.5 Å². The van der Waals surface area contributed by atoms with Crippen LogP contribution in [0.5, 0.6) is 0 Å². The van der Waals surface area contributed by atoms with Gasteiger partial charge >= 0.3 is 0 Å². The van der Waals surface area contributed by atoms with Gasteiger partial charge in [-0.25, -0.2) is 18.4 Å². The van der Waals surface area contributed by atoms with E-state index in [4.69, 9.17) is 10.7 Å². The molecular weight excluding hydrogens is 300 g/mol. The Morgan fingerprint density at radius 1 is 1.35 bits per heavy atom. The van der Waals surface area contributed by atoms with Crippen molar-refractivity contribution >= 4 is 19.7 Å². The standard InChI is InChI=1S/C12H17ClN4O2S/c1-2-4-11-15-12(20(13,18)19)9-17(11)7-3-6-16-8-5-14-10-16/h5,8-10H,2-4,6-7H2,1H3. The van der Waals surface area contributed by atoms with Gasteiger partial charge in [-0.15, -0.1) is 0 Å². The topological polar surface area (TPSA) is 69.8 Å². The predicted molar refractivity (Wildman–Crippen MR) is 76.1 cm³/mol. The zero-order chi connectivity index (χ0) is 14.6. The molecule has 20 heavy (non-hydrogen) atoms. The fourth-order valence-corrected chi connectivity index (χ4v) is 2.70. The molecule has 2 aromatic heterocycles. The highest BCUT2D eigenvalue weighted by Gasteiger charge is 2.17. The molecule has 0 aliphatic heterocycles. The van der Waals surface area contributed by atoms with Crippen LogP contribution in [0.1, 0.15) is 25.6 Å². The minimum absolute atomic E-state index is 0.0646. The Balaban J connectivity index is 2.07. The molecule has 0 radical (unpaired) electrons. The molecular formula is C12H17ClN4O2S. The lowest BCUT2D eigenvalue weighted by molar-refractivity contribution is 0.546. The number of rotatable bonds is 7. The molecule has 0 saturated heterocycles. The van der Waals surface area contributed by atoms with E-state index in [0.29, 0.717) is 6.54 Å². The van der Waals surface area contributed by atoms with E-state index in [9.17, 15) is 8.42 Å². The van der Waals surface area contributed by atoms with E-state index in [2.05, 4.69) is 9.97 Å². The maximum absolute atomic E-state index is 11.3. The van der Waals surface area contributed by atoms with Crippen molar-refractivity contribution in [1.29, 1.82) is 0 Å². The molecule has 0 amide bonds. The summed E-state index contributed by atoms with van der Waals surface area (Å²) in [6, 6.07) is 0. The van der Waals surface area contributed by atoms with Gasteiger partial charge in [-0.3, -0.25) is 0 Å². The Bertz CT molecular complexity index is 649. The van der Waals surface area contributed by atoms with Crippen LogP contribution in [0.4, 0.5) is 0 Å². The van der Waals surface area contributed by atoms with Crippen LogP contribution >= 0.6 is 10.7 Å². The van der Waals surface area contributed by atoms with Gasteiger partial charge < -0.3 is 9.13 Å². The van der Waals surface area contributed by atoms with E-state index >= 15 is 0 Å². The number of halogens is 1. The Morgan fingerprint density at radius 3 is 2.75 bits per heavy atom. The van der Waals surface area contributed by atoms with Crippen molar-refractivity contribution in [2.75, 3.05) is 0 Å². The number of aryl methyl sites for hydroxylation is 3. The first-order valence-electron chi connectivity index (χ1n) is 6.47. The van der Waals surface area contributed by atoms with Crippen LogP contribution in [0.25, 0.3) is 0 Å². The average Bonchev–Trinajstić information content (AvgIpc) is 2.99. The Kier molecular flexibility index (Phi) is 4.82. The summed E-state index contributed by atoms with van der Waals surface area (Å²) in [6.07, 6.45) is 9.41. The molecule has 2 heterocycles. The molecule has 0 aromatic carbocycles. The average molecular weight is 317 g/mol. The van der Waals surface area contributed by atoms with Gasteiger partial charge in [0.1, 0.15) is 5.82 Å². The SMILES string of the molecule is CCCc1nc(S(=O)(=O)Cl)cn1CCCn1ccnc1. The molecule has 0 bridgehead atoms. The van der Waals surface area contributed by atoms with Crippen molar-refractivity contribution in [2.24, 2.45) is 0 Å². The van der Waals surface area contributed by atoms with Gasteiger partial charge in [0.25, 0.3) is 9.05 Å². The molecule has 0 aliphatic carbocycles. The van der Waals surface area contributed by atoms with Crippen LogP contribution in [0, 0.1) is 0 Å². The van der Waals surface area contributed by atoms with E-state index in [-0.39, 0.29) is 5.03 Å². The summed E-state index contributed by atoms with van der Waals surface area (Å²) in [7, 11) is 1.58. The fourth-order valence-electron chi connectivity index (χ4n) is 2.00. The van der Waals surface area contributed by atoms with Crippen LogP contribution < -0.4 is 0 Å². The van der Waals surface area contributed by atoms with Gasteiger partial charge in [-0.1, -0.05) is 6.92 Å². The van der Waals surface area contributed by atoms with Gasteiger partial charge in [0.15, 0.2) is 5.03 Å². The Hall–Kier alpha value is -1.34. The van der Waals surface area contributed by atoms with Crippen LogP contribution in [-0.2, 0) is 28.6 Å². The minimum Gasteiger partial charge on any atom is -0.337 e. The first kappa shape index (κ1) is 15.1. The molecule has 0 atom stereocenters. The zero-order valence-electron chi connectivity index (χ0n) is 11.2. The summed E-state index contributed by atoms with van der Waals surface area (Å²) in [5, 5.41) is -0.0646. The normalized spacial score (nSPS) is 11.9. The molecule has 0 saturated carbocycles. The molecule has 110 valence electrons. The number of aromatic nitrogens is 4. The lowest BCUT2D eigenvalue weighted by Gasteiger charge is -2.07. The smallest absolute Gasteiger partial charge is 0.280 e. The van der Waals surface area contributed by atoms with Gasteiger partial charge in [0, 0.05) is 48.8 Å². The van der Waals surface area contributed by atoms with Crippen LogP contribution in [0.3, 0.4) is 0 Å². The van der Waals surface area contributed by atoms with Gasteiger partial charge in [0.2, 0.25) is 0 Å². The highest BCUT2D eigenvalue weighted by Crippen LogP contribution is 2.16. The third-order valence-electron chi connectivity index (χ3n) is 2.93. The minimum atomic E-state index is -3.77. The summed E-state index contributed by atoms with van der Waals surface area (Å²) in [5.41, 5.74) is 0. The van der Waals surface area contributed by atoms with E-state index in [0.717, 1.165) is 31.6 Å². The molecule has 8 heteroatoms. The highest BCUT2D eigenvalue weighted by atomic mass is 35.7. The second-order valence-electron chi connectivity index (χ2n) is 4.53. The third kappa shape index (κ3) is 3.83. The Labute approximate surface area is 122 Å². The Morgan fingerprint density at radius 2 is 2.15 bits per heavy atom. The zero-order valence-corrected chi connectivity index (χ0v) is 12.8. The largest absolute Gasteiger partial charge is 0.337 e. The van der Waals surface area contributed by atoms with Crippen molar-refractivity contribution < 1.29 is 8.42 Å². The molecule has 0 fully saturated rings. The monoisotopic (exact) mass is 316 g/mol. The molecule has 0 aliphatic rings. The summed E-state index contributed by atoms with van der Waals surface area (Å²) in [6.45, 7) is 3.55. The van der Waals surface area contributed by atoms with Crippen LogP contribution in [0.15, 0.2) is 29.9 Å². The summed E-state index contributed by atoms with van der Waals surface area (Å²) < 4.78 is 26.5. The third-order valence-corrected chi connectivity index (χ3v) is 4.11. The van der Waals surface area contributed by atoms with Crippen molar-refractivity contribution in [3.63, 3.8) is 0 Å². The lowest BCUT2D eigenvalue weighted by atomic mass is 10.3. The first-order valence-corrected chi connectivity index (χ1v) is 8.78. The quantitative estimate of drug-likeness (QED) is 0.733. The van der Waals surface area contributed by atoms with Crippen molar-refractivity contribution in [1.82, 2.24) is 19.1 Å². The molecule has 6 nitrogen and oxygen atoms in total. The van der Waals surface area contributed by atoms with Crippen molar-refractivity contribution in [3.05, 3.63) is 30.7 Å². The fraction of sp³-hybridized carbons (Fsp3) is 0.500. The molecule has 2 rings (SSSR count). The molecule has 0 spiro atoms. The molecule has 2 aromatic rings. The second kappa shape index (κ2) is 6.41. The van der Waals surface area contributed by atoms with Crippen molar-refractivity contribution in [3.8, 4) is 0 Å². The van der Waals surface area contributed by atoms with Gasteiger partial charge in [-0.2, -0.15) is 0 Å². The van der Waals surface area contributed by atoms with E-state index in [1.165, 1.54) is 6.20 Å². The maximum Gasteiger partial charge on any atom is 0.280 e. The van der Waals surface area contributed by atoms with Crippen LogP contribution in [0.2, 0.25) is 0 Å². The van der Waals surface area contributed by atoms with E-state index in [1.54, 1.807) is 12.5 Å².